The minimum Gasteiger partial charge on any atom is -0.381 e. The van der Waals surface area contributed by atoms with Crippen LogP contribution in [0.2, 0.25) is 0 Å². The SMILES string of the molecule is CCCc1nn(C)c2c1NCC(C)CS2(=O)=O. The number of sulfone groups is 1. The molecule has 0 fully saturated rings. The third kappa shape index (κ3) is 2.18. The van der Waals surface area contributed by atoms with E-state index in [1.165, 1.54) is 4.68 Å². The molecule has 0 aliphatic carbocycles. The normalized spacial score (nSPS) is 22.6. The lowest BCUT2D eigenvalue weighted by atomic mass is 10.2. The van der Waals surface area contributed by atoms with Gasteiger partial charge in [-0.1, -0.05) is 20.3 Å². The van der Waals surface area contributed by atoms with Gasteiger partial charge in [0.05, 0.1) is 17.1 Å². The first kappa shape index (κ1) is 12.4. The highest BCUT2D eigenvalue weighted by Crippen LogP contribution is 2.30. The molecule has 1 aromatic rings. The molecular formula is C11H19N3O2S. The van der Waals surface area contributed by atoms with Gasteiger partial charge in [0.15, 0.2) is 14.9 Å². The fourth-order valence-corrected chi connectivity index (χ4v) is 4.27. The summed E-state index contributed by atoms with van der Waals surface area (Å²) in [5, 5.41) is 7.91. The quantitative estimate of drug-likeness (QED) is 0.865. The second-order valence-corrected chi connectivity index (χ2v) is 6.72. The molecule has 1 aromatic heterocycles. The summed E-state index contributed by atoms with van der Waals surface area (Å²) in [5.41, 5.74) is 1.58. The highest BCUT2D eigenvalue weighted by Gasteiger charge is 2.31. The van der Waals surface area contributed by atoms with Crippen molar-refractivity contribution in [2.24, 2.45) is 13.0 Å². The predicted octanol–water partition coefficient (Wildman–Crippen LogP) is 1.21. The molecular weight excluding hydrogens is 238 g/mol. The van der Waals surface area contributed by atoms with Crippen LogP contribution >= 0.6 is 0 Å². The maximum Gasteiger partial charge on any atom is 0.197 e. The summed E-state index contributed by atoms with van der Waals surface area (Å²) >= 11 is 0. The molecule has 0 spiro atoms. The third-order valence-corrected chi connectivity index (χ3v) is 5.05. The van der Waals surface area contributed by atoms with Crippen molar-refractivity contribution in [2.45, 2.75) is 31.7 Å². The largest absolute Gasteiger partial charge is 0.381 e. The fraction of sp³-hybridized carbons (Fsp3) is 0.727. The molecule has 1 N–H and O–H groups in total. The van der Waals surface area contributed by atoms with Crippen molar-refractivity contribution in [3.63, 3.8) is 0 Å². The van der Waals surface area contributed by atoms with Crippen LogP contribution in [0.3, 0.4) is 0 Å². The molecule has 1 unspecified atom stereocenters. The van der Waals surface area contributed by atoms with E-state index < -0.39 is 9.84 Å². The van der Waals surface area contributed by atoms with E-state index in [2.05, 4.69) is 17.3 Å². The Morgan fingerprint density at radius 3 is 2.88 bits per heavy atom. The van der Waals surface area contributed by atoms with E-state index in [9.17, 15) is 8.42 Å². The molecule has 0 aromatic carbocycles. The van der Waals surface area contributed by atoms with Crippen molar-refractivity contribution in [3.8, 4) is 0 Å². The zero-order valence-electron chi connectivity index (χ0n) is 10.5. The summed E-state index contributed by atoms with van der Waals surface area (Å²) < 4.78 is 26.0. The molecule has 0 amide bonds. The fourth-order valence-electron chi connectivity index (χ4n) is 2.30. The van der Waals surface area contributed by atoms with Crippen LogP contribution in [0.5, 0.6) is 0 Å². The maximum absolute atomic E-state index is 12.2. The van der Waals surface area contributed by atoms with Gasteiger partial charge in [-0.3, -0.25) is 4.68 Å². The first-order valence-corrected chi connectivity index (χ1v) is 7.63. The van der Waals surface area contributed by atoms with E-state index in [1.807, 2.05) is 6.92 Å². The molecule has 0 saturated carbocycles. The number of nitrogens with one attached hydrogen (secondary N) is 1. The van der Waals surface area contributed by atoms with Gasteiger partial charge < -0.3 is 5.32 Å². The zero-order valence-corrected chi connectivity index (χ0v) is 11.3. The Balaban J connectivity index is 2.57. The van der Waals surface area contributed by atoms with Crippen molar-refractivity contribution in [3.05, 3.63) is 5.69 Å². The van der Waals surface area contributed by atoms with Gasteiger partial charge in [-0.25, -0.2) is 8.42 Å². The Labute approximate surface area is 102 Å². The van der Waals surface area contributed by atoms with Crippen LogP contribution < -0.4 is 5.32 Å². The van der Waals surface area contributed by atoms with Crippen molar-refractivity contribution >= 4 is 15.5 Å². The van der Waals surface area contributed by atoms with Crippen LogP contribution in [0.15, 0.2) is 5.03 Å². The summed E-state index contributed by atoms with van der Waals surface area (Å²) in [4.78, 5) is 0. The van der Waals surface area contributed by atoms with E-state index in [4.69, 9.17) is 0 Å². The van der Waals surface area contributed by atoms with E-state index in [-0.39, 0.29) is 11.7 Å². The van der Waals surface area contributed by atoms with Crippen LogP contribution in [0, 0.1) is 5.92 Å². The molecule has 0 bridgehead atoms. The van der Waals surface area contributed by atoms with Crippen LogP contribution in [0.1, 0.15) is 26.0 Å². The summed E-state index contributed by atoms with van der Waals surface area (Å²) in [7, 11) is -1.52. The van der Waals surface area contributed by atoms with Crippen molar-refractivity contribution in [1.82, 2.24) is 9.78 Å². The van der Waals surface area contributed by atoms with Crippen LogP contribution in [0.25, 0.3) is 0 Å². The monoisotopic (exact) mass is 257 g/mol. The van der Waals surface area contributed by atoms with Gasteiger partial charge in [-0.2, -0.15) is 5.10 Å². The average Bonchev–Trinajstić information content (AvgIpc) is 2.45. The zero-order chi connectivity index (χ0) is 12.6. The predicted molar refractivity (Wildman–Crippen MR) is 66.9 cm³/mol. The summed E-state index contributed by atoms with van der Waals surface area (Å²) in [6, 6.07) is 0. The number of fused-ring (bicyclic) bond motifs is 1. The minimum atomic E-state index is -3.22. The van der Waals surface area contributed by atoms with E-state index >= 15 is 0 Å². The number of anilines is 1. The van der Waals surface area contributed by atoms with Gasteiger partial charge in [0.2, 0.25) is 0 Å². The lowest BCUT2D eigenvalue weighted by molar-refractivity contribution is 0.566. The minimum absolute atomic E-state index is 0.127. The molecule has 2 rings (SSSR count). The molecule has 1 aliphatic heterocycles. The van der Waals surface area contributed by atoms with E-state index in [0.29, 0.717) is 11.6 Å². The second kappa shape index (κ2) is 4.33. The molecule has 1 aliphatic rings. The van der Waals surface area contributed by atoms with Crippen molar-refractivity contribution in [1.29, 1.82) is 0 Å². The molecule has 0 radical (unpaired) electrons. The van der Waals surface area contributed by atoms with Crippen LogP contribution in [-0.4, -0.2) is 30.5 Å². The molecule has 2 heterocycles. The Morgan fingerprint density at radius 1 is 1.53 bits per heavy atom. The molecule has 5 nitrogen and oxygen atoms in total. The Bertz CT molecular complexity index is 519. The highest BCUT2D eigenvalue weighted by atomic mass is 32.2. The smallest absolute Gasteiger partial charge is 0.197 e. The Morgan fingerprint density at radius 2 is 2.24 bits per heavy atom. The molecule has 0 saturated heterocycles. The van der Waals surface area contributed by atoms with Crippen molar-refractivity contribution in [2.75, 3.05) is 17.6 Å². The summed E-state index contributed by atoms with van der Waals surface area (Å²) in [6.45, 7) is 4.70. The second-order valence-electron chi connectivity index (χ2n) is 4.77. The number of aromatic nitrogens is 2. The van der Waals surface area contributed by atoms with Gasteiger partial charge in [0.25, 0.3) is 0 Å². The third-order valence-electron chi connectivity index (χ3n) is 2.98. The summed E-state index contributed by atoms with van der Waals surface area (Å²) in [6.07, 6.45) is 1.76. The molecule has 6 heteroatoms. The van der Waals surface area contributed by atoms with Gasteiger partial charge in [-0.05, 0) is 12.3 Å². The highest BCUT2D eigenvalue weighted by molar-refractivity contribution is 7.91. The number of rotatable bonds is 2. The first-order chi connectivity index (χ1) is 7.95. The maximum atomic E-state index is 12.2. The van der Waals surface area contributed by atoms with Gasteiger partial charge in [-0.15, -0.1) is 0 Å². The Kier molecular flexibility index (Phi) is 3.16. The van der Waals surface area contributed by atoms with E-state index in [0.717, 1.165) is 24.2 Å². The summed E-state index contributed by atoms with van der Waals surface area (Å²) in [5.74, 6) is 0.319. The van der Waals surface area contributed by atoms with Crippen LogP contribution in [-0.2, 0) is 23.3 Å². The number of nitrogens with zero attached hydrogens (tertiary/aromatic N) is 2. The van der Waals surface area contributed by atoms with Crippen LogP contribution in [0.4, 0.5) is 5.69 Å². The molecule has 1 atom stereocenters. The average molecular weight is 257 g/mol. The number of hydrogen-bond donors (Lipinski definition) is 1. The number of hydrogen-bond acceptors (Lipinski definition) is 4. The lowest BCUT2D eigenvalue weighted by Gasteiger charge is -2.07. The standard InChI is InChI=1S/C11H19N3O2S/c1-4-5-9-10-11(14(3)13-9)17(15,16)7-8(2)6-12-10/h8,12H,4-7H2,1-3H3. The first-order valence-electron chi connectivity index (χ1n) is 5.98. The van der Waals surface area contributed by atoms with E-state index in [1.54, 1.807) is 7.05 Å². The number of aryl methyl sites for hydroxylation is 2. The molecule has 17 heavy (non-hydrogen) atoms. The van der Waals surface area contributed by atoms with Crippen molar-refractivity contribution < 1.29 is 8.42 Å². The van der Waals surface area contributed by atoms with Gasteiger partial charge in [0, 0.05) is 13.6 Å². The van der Waals surface area contributed by atoms with Gasteiger partial charge in [0.1, 0.15) is 0 Å². The molecule has 96 valence electrons. The lowest BCUT2D eigenvalue weighted by Crippen LogP contribution is -2.18. The topological polar surface area (TPSA) is 64.0 Å². The Hall–Kier alpha value is -1.04. The van der Waals surface area contributed by atoms with Gasteiger partial charge >= 0.3 is 0 Å².